The van der Waals surface area contributed by atoms with E-state index < -0.39 is 48.4 Å². The summed E-state index contributed by atoms with van der Waals surface area (Å²) in [5, 5.41) is 21.4. The zero-order valence-corrected chi connectivity index (χ0v) is 9.46. The number of carbonyl (C=O) groups is 2. The number of rotatable bonds is 0. The summed E-state index contributed by atoms with van der Waals surface area (Å²) in [6.45, 7) is -0.157. The minimum absolute atomic E-state index is 0.157. The molecule has 3 rings (SSSR count). The molecule has 0 aromatic rings. The monoisotopic (exact) mass is 270 g/mol. The van der Waals surface area contributed by atoms with Crippen LogP contribution in [0.3, 0.4) is 0 Å². The largest absolute Gasteiger partial charge is 0.405 e. The van der Waals surface area contributed by atoms with Crippen molar-refractivity contribution in [1.29, 1.82) is 0 Å². The molecule has 2 bridgehead atoms. The predicted molar refractivity (Wildman–Crippen MR) is 54.4 cm³/mol. The van der Waals surface area contributed by atoms with Crippen LogP contribution in [0.5, 0.6) is 0 Å². The molecular weight excluding hydrogens is 260 g/mol. The average Bonchev–Trinajstić information content (AvgIpc) is 2.56. The van der Waals surface area contributed by atoms with Crippen LogP contribution in [-0.2, 0) is 14.3 Å². The minimum Gasteiger partial charge on any atom is -0.387 e. The van der Waals surface area contributed by atoms with E-state index in [1.165, 1.54) is 0 Å². The standard InChI is InChI=1S/C9H10N4O6/c10-12-3-6(16)11-9(17)13-7(3)18-1-2-4(14)5(15)8(13)19-2/h2,4-5,7-8,14-15H,1H2,(H,11,16,17)/t2-,4-,5-,7+,8-/m0/s1. The topological polar surface area (TPSA) is 145 Å². The molecule has 0 aliphatic carbocycles. The summed E-state index contributed by atoms with van der Waals surface area (Å²) in [7, 11) is 0. The molecule has 0 saturated carbocycles. The maximum absolute atomic E-state index is 11.8. The van der Waals surface area contributed by atoms with E-state index in [0.29, 0.717) is 0 Å². The number of nitrogens with zero attached hydrogens (tertiary/aromatic N) is 3. The van der Waals surface area contributed by atoms with Crippen LogP contribution in [0, 0.1) is 0 Å². The van der Waals surface area contributed by atoms with Crippen molar-refractivity contribution in [3.05, 3.63) is 5.53 Å². The second-order valence-electron chi connectivity index (χ2n) is 4.38. The molecule has 3 N–H and O–H groups in total. The first-order valence-corrected chi connectivity index (χ1v) is 5.53. The van der Waals surface area contributed by atoms with Gasteiger partial charge >= 0.3 is 17.6 Å². The molecule has 3 aliphatic heterocycles. The maximum Gasteiger partial charge on any atom is 0.405 e. The first-order valence-electron chi connectivity index (χ1n) is 5.53. The van der Waals surface area contributed by atoms with Gasteiger partial charge in [0.25, 0.3) is 0 Å². The summed E-state index contributed by atoms with van der Waals surface area (Å²) in [5.74, 6) is -0.887. The molecule has 10 heteroatoms. The van der Waals surface area contributed by atoms with Gasteiger partial charge in [-0.1, -0.05) is 0 Å². The van der Waals surface area contributed by atoms with E-state index in [-0.39, 0.29) is 6.61 Å². The predicted octanol–water partition coefficient (Wildman–Crippen LogP) is -2.99. The Balaban J connectivity index is 2.02. The molecule has 3 heterocycles. The van der Waals surface area contributed by atoms with Gasteiger partial charge in [0.2, 0.25) is 6.23 Å². The molecule has 19 heavy (non-hydrogen) atoms. The molecular formula is C9H10N4O6. The van der Waals surface area contributed by atoms with Crippen molar-refractivity contribution >= 4 is 17.6 Å². The Morgan fingerprint density at radius 3 is 2.79 bits per heavy atom. The lowest BCUT2D eigenvalue weighted by Crippen LogP contribution is -2.66. The summed E-state index contributed by atoms with van der Waals surface area (Å²) >= 11 is 0. The molecule has 3 saturated heterocycles. The van der Waals surface area contributed by atoms with Crippen molar-refractivity contribution in [2.24, 2.45) is 0 Å². The first kappa shape index (κ1) is 12.2. The van der Waals surface area contributed by atoms with Crippen LogP contribution < -0.4 is 5.32 Å². The van der Waals surface area contributed by atoms with Gasteiger partial charge < -0.3 is 25.2 Å². The normalized spacial score (nSPS) is 41.5. The Bertz CT molecular complexity index is 503. The number of imide groups is 1. The molecule has 0 radical (unpaired) electrons. The smallest absolute Gasteiger partial charge is 0.387 e. The van der Waals surface area contributed by atoms with Crippen LogP contribution in [0.4, 0.5) is 4.79 Å². The zero-order valence-electron chi connectivity index (χ0n) is 9.46. The van der Waals surface area contributed by atoms with Gasteiger partial charge in [-0.05, 0) is 0 Å². The average molecular weight is 270 g/mol. The van der Waals surface area contributed by atoms with Crippen molar-refractivity contribution in [1.82, 2.24) is 10.2 Å². The van der Waals surface area contributed by atoms with Gasteiger partial charge in [0.15, 0.2) is 6.23 Å². The fraction of sp³-hybridized carbons (Fsp3) is 0.667. The Hall–Kier alpha value is -1.84. The number of ether oxygens (including phenoxy) is 2. The number of urea groups is 1. The minimum atomic E-state index is -1.34. The number of carbonyl (C=O) groups excluding carboxylic acids is 2. The van der Waals surface area contributed by atoms with Gasteiger partial charge in [-0.2, -0.15) is 4.79 Å². The summed E-state index contributed by atoms with van der Waals surface area (Å²) < 4.78 is 10.6. The third-order valence-corrected chi connectivity index (χ3v) is 3.31. The van der Waals surface area contributed by atoms with Gasteiger partial charge in [-0.3, -0.25) is 15.0 Å². The molecule has 3 fully saturated rings. The summed E-state index contributed by atoms with van der Waals surface area (Å²) in [4.78, 5) is 27.0. The van der Waals surface area contributed by atoms with Gasteiger partial charge in [-0.25, -0.2) is 4.79 Å². The lowest BCUT2D eigenvalue weighted by Gasteiger charge is -2.35. The molecule has 3 amide bonds. The van der Waals surface area contributed by atoms with Crippen LogP contribution in [0.25, 0.3) is 5.53 Å². The van der Waals surface area contributed by atoms with Crippen molar-refractivity contribution in [3.8, 4) is 0 Å². The van der Waals surface area contributed by atoms with Crippen LogP contribution in [0.1, 0.15) is 0 Å². The van der Waals surface area contributed by atoms with E-state index >= 15 is 0 Å². The maximum atomic E-state index is 11.8. The van der Waals surface area contributed by atoms with Gasteiger partial charge in [-0.15, -0.1) is 0 Å². The van der Waals surface area contributed by atoms with E-state index in [0.717, 1.165) is 4.90 Å². The zero-order chi connectivity index (χ0) is 13.7. The third kappa shape index (κ3) is 1.59. The third-order valence-electron chi connectivity index (χ3n) is 3.31. The fourth-order valence-corrected chi connectivity index (χ4v) is 2.36. The van der Waals surface area contributed by atoms with E-state index in [1.807, 2.05) is 5.32 Å². The second-order valence-corrected chi connectivity index (χ2v) is 4.38. The highest BCUT2D eigenvalue weighted by Crippen LogP contribution is 2.31. The number of amides is 3. The van der Waals surface area contributed by atoms with Crippen molar-refractivity contribution in [3.63, 3.8) is 0 Å². The highest BCUT2D eigenvalue weighted by atomic mass is 16.6. The number of aliphatic hydroxyl groups excluding tert-OH is 2. The van der Waals surface area contributed by atoms with Crippen molar-refractivity contribution in [2.45, 2.75) is 30.8 Å². The van der Waals surface area contributed by atoms with Crippen LogP contribution >= 0.6 is 0 Å². The van der Waals surface area contributed by atoms with Crippen molar-refractivity contribution in [2.75, 3.05) is 6.61 Å². The van der Waals surface area contributed by atoms with Gasteiger partial charge in [0.05, 0.1) is 6.61 Å². The second kappa shape index (κ2) is 4.08. The first-order chi connectivity index (χ1) is 9.04. The Kier molecular flexibility index (Phi) is 2.62. The molecule has 0 unspecified atom stereocenters. The Morgan fingerprint density at radius 2 is 2.11 bits per heavy atom. The molecule has 0 spiro atoms. The van der Waals surface area contributed by atoms with Gasteiger partial charge in [0, 0.05) is 0 Å². The quantitative estimate of drug-likeness (QED) is 0.316. The lowest BCUT2D eigenvalue weighted by atomic mass is 10.1. The molecule has 3 aliphatic rings. The Labute approximate surface area is 106 Å². The number of hydrogen-bond donors (Lipinski definition) is 3. The molecule has 5 atom stereocenters. The molecule has 0 aromatic carbocycles. The number of aliphatic hydroxyl groups is 2. The van der Waals surface area contributed by atoms with Crippen LogP contribution in [0.15, 0.2) is 0 Å². The lowest BCUT2D eigenvalue weighted by molar-refractivity contribution is -0.135. The van der Waals surface area contributed by atoms with E-state index in [4.69, 9.17) is 15.0 Å². The highest BCUT2D eigenvalue weighted by molar-refractivity contribution is 6.42. The number of fused-ring (bicyclic) bond motifs is 4. The van der Waals surface area contributed by atoms with Crippen LogP contribution in [0.2, 0.25) is 0 Å². The number of hydrogen-bond acceptors (Lipinski definition) is 6. The van der Waals surface area contributed by atoms with E-state index in [2.05, 4.69) is 4.79 Å². The molecule has 10 nitrogen and oxygen atoms in total. The summed E-state index contributed by atoms with van der Waals surface area (Å²) in [6.07, 6.45) is -5.81. The number of nitrogens with one attached hydrogen (secondary N) is 1. The SMILES string of the molecule is [N-]=[N+]=C1C(=O)NC(=O)N2[C@@H]1OC[C@@H]1O[C@H]2[C@@H](O)[C@H]1O. The van der Waals surface area contributed by atoms with Crippen LogP contribution in [-0.4, -0.2) is 74.9 Å². The Morgan fingerprint density at radius 1 is 1.37 bits per heavy atom. The fourth-order valence-electron chi connectivity index (χ4n) is 2.36. The molecule has 0 aromatic heterocycles. The summed E-state index contributed by atoms with van der Waals surface area (Å²) in [6, 6.07) is -0.860. The van der Waals surface area contributed by atoms with E-state index in [9.17, 15) is 19.8 Å². The van der Waals surface area contributed by atoms with Gasteiger partial charge in [0.1, 0.15) is 18.3 Å². The van der Waals surface area contributed by atoms with Crippen molar-refractivity contribution < 1.29 is 34.1 Å². The summed E-state index contributed by atoms with van der Waals surface area (Å²) in [5.41, 5.74) is 8.40. The van der Waals surface area contributed by atoms with E-state index in [1.54, 1.807) is 0 Å². The highest BCUT2D eigenvalue weighted by Gasteiger charge is 2.58. The molecule has 102 valence electrons.